The third kappa shape index (κ3) is 2.60. The van der Waals surface area contributed by atoms with E-state index in [4.69, 9.17) is 0 Å². The normalized spacial score (nSPS) is 12.5. The van der Waals surface area contributed by atoms with Crippen LogP contribution in [-0.4, -0.2) is 24.9 Å². The average Bonchev–Trinajstić information content (AvgIpc) is 3.34. The minimum atomic E-state index is -0.0287. The van der Waals surface area contributed by atoms with E-state index in [1.807, 2.05) is 24.3 Å². The van der Waals surface area contributed by atoms with Gasteiger partial charge in [-0.1, -0.05) is 30.3 Å². The van der Waals surface area contributed by atoms with Crippen molar-refractivity contribution in [1.82, 2.24) is 24.9 Å². The van der Waals surface area contributed by atoms with Crippen LogP contribution in [0.2, 0.25) is 0 Å². The number of rotatable bonds is 4. The summed E-state index contributed by atoms with van der Waals surface area (Å²) in [5, 5.41) is 3.48. The first-order valence-corrected chi connectivity index (χ1v) is 8.80. The number of hydrogen-bond donors (Lipinski definition) is 3. The predicted molar refractivity (Wildman–Crippen MR) is 104 cm³/mol. The Morgan fingerprint density at radius 3 is 2.67 bits per heavy atom. The standard InChI is InChI=1S/C20H17N7/c1-13(25-19-17-18(22-11-21-17)23-12-24-19)20-26-15-9-5-6-10-16(15)27(20)14-7-3-2-4-8-14/h2-13H,1H3,(H2,21,22,23,24,25)/p+1. The Morgan fingerprint density at radius 1 is 0.963 bits per heavy atom. The van der Waals surface area contributed by atoms with Crippen molar-refractivity contribution in [2.24, 2.45) is 0 Å². The topological polar surface area (TPSA) is 86.2 Å². The van der Waals surface area contributed by atoms with Crippen molar-refractivity contribution in [3.8, 4) is 5.69 Å². The summed E-state index contributed by atoms with van der Waals surface area (Å²) in [5.41, 5.74) is 4.76. The molecule has 0 spiro atoms. The summed E-state index contributed by atoms with van der Waals surface area (Å²) < 4.78 is 2.23. The lowest BCUT2D eigenvalue weighted by atomic mass is 10.2. The molecule has 3 N–H and O–H groups in total. The molecule has 0 saturated heterocycles. The largest absolute Gasteiger partial charge is 0.355 e. The maximum absolute atomic E-state index is 4.38. The van der Waals surface area contributed by atoms with Crippen molar-refractivity contribution >= 4 is 28.0 Å². The zero-order chi connectivity index (χ0) is 18.2. The smallest absolute Gasteiger partial charge is 0.283 e. The fraction of sp³-hybridized carbons (Fsp3) is 0.100. The number of fused-ring (bicyclic) bond motifs is 2. The summed E-state index contributed by atoms with van der Waals surface area (Å²) in [6, 6.07) is 18.6. The van der Waals surface area contributed by atoms with E-state index in [-0.39, 0.29) is 6.04 Å². The van der Waals surface area contributed by atoms with Gasteiger partial charge in [0.15, 0.2) is 22.5 Å². The molecule has 0 aliphatic rings. The Morgan fingerprint density at radius 2 is 1.78 bits per heavy atom. The van der Waals surface area contributed by atoms with Gasteiger partial charge in [0.1, 0.15) is 23.6 Å². The molecule has 2 aromatic carbocycles. The van der Waals surface area contributed by atoms with Crippen molar-refractivity contribution in [1.29, 1.82) is 0 Å². The Balaban J connectivity index is 1.63. The number of aromatic amines is 2. The van der Waals surface area contributed by atoms with Crippen LogP contribution in [0.25, 0.3) is 27.9 Å². The lowest BCUT2D eigenvalue weighted by Crippen LogP contribution is -2.36. The third-order valence-corrected chi connectivity index (χ3v) is 4.65. The van der Waals surface area contributed by atoms with Crippen LogP contribution in [0.4, 0.5) is 5.82 Å². The molecule has 0 saturated carbocycles. The molecule has 0 aliphatic carbocycles. The molecule has 0 radical (unpaired) electrons. The van der Waals surface area contributed by atoms with E-state index in [1.54, 1.807) is 6.33 Å². The highest BCUT2D eigenvalue weighted by Gasteiger charge is 2.26. The second kappa shape index (κ2) is 6.21. The lowest BCUT2D eigenvalue weighted by Gasteiger charge is -2.12. The molecular weight excluding hydrogens is 338 g/mol. The molecule has 132 valence electrons. The van der Waals surface area contributed by atoms with E-state index in [0.717, 1.165) is 33.9 Å². The van der Waals surface area contributed by atoms with Crippen LogP contribution in [0.3, 0.4) is 0 Å². The lowest BCUT2D eigenvalue weighted by molar-refractivity contribution is -0.577. The molecule has 1 unspecified atom stereocenters. The molecule has 3 aromatic heterocycles. The van der Waals surface area contributed by atoms with Gasteiger partial charge < -0.3 is 10.3 Å². The number of anilines is 1. The number of nitrogens with one attached hydrogen (secondary N) is 3. The zero-order valence-electron chi connectivity index (χ0n) is 14.7. The zero-order valence-corrected chi connectivity index (χ0v) is 14.7. The maximum atomic E-state index is 4.38. The van der Waals surface area contributed by atoms with E-state index in [1.165, 1.54) is 6.33 Å². The number of para-hydroxylation sites is 3. The van der Waals surface area contributed by atoms with Gasteiger partial charge in [-0.2, -0.15) is 4.57 Å². The monoisotopic (exact) mass is 356 g/mol. The first kappa shape index (κ1) is 15.5. The van der Waals surface area contributed by atoms with Gasteiger partial charge in [0.2, 0.25) is 0 Å². The van der Waals surface area contributed by atoms with Gasteiger partial charge in [-0.3, -0.25) is 0 Å². The van der Waals surface area contributed by atoms with Crippen LogP contribution in [-0.2, 0) is 0 Å². The first-order chi connectivity index (χ1) is 13.3. The van der Waals surface area contributed by atoms with Gasteiger partial charge in [0.25, 0.3) is 5.82 Å². The number of H-pyrrole nitrogens is 2. The van der Waals surface area contributed by atoms with E-state index >= 15 is 0 Å². The Hall–Kier alpha value is -3.74. The molecule has 0 amide bonds. The van der Waals surface area contributed by atoms with Crippen LogP contribution in [0.1, 0.15) is 18.8 Å². The molecule has 0 bridgehead atoms. The molecule has 1 atom stereocenters. The van der Waals surface area contributed by atoms with Gasteiger partial charge >= 0.3 is 0 Å². The van der Waals surface area contributed by atoms with Gasteiger partial charge in [-0.25, -0.2) is 19.9 Å². The Kier molecular flexibility index (Phi) is 3.57. The summed E-state index contributed by atoms with van der Waals surface area (Å²) >= 11 is 0. The van der Waals surface area contributed by atoms with Gasteiger partial charge in [-0.15, -0.1) is 0 Å². The fourth-order valence-corrected chi connectivity index (χ4v) is 3.40. The molecular formula is C20H18N7+. The van der Waals surface area contributed by atoms with E-state index < -0.39 is 0 Å². The molecule has 7 nitrogen and oxygen atoms in total. The molecule has 7 heteroatoms. The van der Waals surface area contributed by atoms with E-state index in [9.17, 15) is 0 Å². The second-order valence-corrected chi connectivity index (χ2v) is 6.39. The molecule has 27 heavy (non-hydrogen) atoms. The summed E-state index contributed by atoms with van der Waals surface area (Å²) in [7, 11) is 0. The predicted octanol–water partition coefficient (Wildman–Crippen LogP) is 3.28. The van der Waals surface area contributed by atoms with Crippen LogP contribution >= 0.6 is 0 Å². The van der Waals surface area contributed by atoms with Crippen LogP contribution in [0.15, 0.2) is 67.3 Å². The first-order valence-electron chi connectivity index (χ1n) is 8.80. The number of imidazole rings is 2. The highest BCUT2D eigenvalue weighted by Crippen LogP contribution is 2.22. The minimum absolute atomic E-state index is 0.0287. The molecule has 5 rings (SSSR count). The summed E-state index contributed by atoms with van der Waals surface area (Å²) in [6.45, 7) is 2.11. The molecule has 5 aromatic rings. The van der Waals surface area contributed by atoms with E-state index in [0.29, 0.717) is 5.65 Å². The molecule has 3 heterocycles. The maximum Gasteiger partial charge on any atom is 0.283 e. The van der Waals surface area contributed by atoms with Crippen molar-refractivity contribution in [2.75, 3.05) is 5.32 Å². The Labute approximate surface area is 155 Å². The van der Waals surface area contributed by atoms with Gasteiger partial charge in [-0.05, 0) is 31.2 Å². The van der Waals surface area contributed by atoms with Crippen LogP contribution in [0, 0.1) is 0 Å². The van der Waals surface area contributed by atoms with Gasteiger partial charge in [0.05, 0.1) is 6.33 Å². The van der Waals surface area contributed by atoms with Crippen molar-refractivity contribution < 1.29 is 4.57 Å². The summed E-state index contributed by atoms with van der Waals surface area (Å²) in [4.78, 5) is 19.4. The van der Waals surface area contributed by atoms with Crippen LogP contribution in [0.5, 0.6) is 0 Å². The van der Waals surface area contributed by atoms with Crippen LogP contribution < -0.4 is 9.88 Å². The second-order valence-electron chi connectivity index (χ2n) is 6.39. The fourth-order valence-electron chi connectivity index (χ4n) is 3.40. The molecule has 0 fully saturated rings. The number of nitrogens with zero attached hydrogens (tertiary/aromatic N) is 4. The summed E-state index contributed by atoms with van der Waals surface area (Å²) in [6.07, 6.45) is 3.15. The third-order valence-electron chi connectivity index (χ3n) is 4.65. The van der Waals surface area contributed by atoms with Crippen molar-refractivity contribution in [3.05, 3.63) is 73.1 Å². The molecule has 0 aliphatic heterocycles. The van der Waals surface area contributed by atoms with E-state index in [2.05, 4.69) is 72.1 Å². The van der Waals surface area contributed by atoms with Crippen molar-refractivity contribution in [2.45, 2.75) is 13.0 Å². The highest BCUT2D eigenvalue weighted by atomic mass is 15.2. The minimum Gasteiger partial charge on any atom is -0.355 e. The average molecular weight is 356 g/mol. The number of aromatic nitrogens is 6. The number of hydrogen-bond acceptors (Lipinski definition) is 4. The SMILES string of the molecule is CC(Nc1ncnc2nc[nH]c12)c1[nH]c2ccccc2[n+]1-c1ccccc1. The number of benzene rings is 2. The highest BCUT2D eigenvalue weighted by molar-refractivity contribution is 5.82. The van der Waals surface area contributed by atoms with Gasteiger partial charge in [0, 0.05) is 0 Å². The van der Waals surface area contributed by atoms with Crippen molar-refractivity contribution in [3.63, 3.8) is 0 Å². The quantitative estimate of drug-likeness (QED) is 0.431. The summed E-state index contributed by atoms with van der Waals surface area (Å²) in [5.74, 6) is 1.76. The Bertz CT molecular complexity index is 1220.